The highest BCUT2D eigenvalue weighted by Gasteiger charge is 2.20. The lowest BCUT2D eigenvalue weighted by molar-refractivity contribution is 0.393. The minimum atomic E-state index is 0. The molecule has 6 nitrogen and oxygen atoms in total. The third-order valence-corrected chi connectivity index (χ3v) is 4.33. The molecule has 0 fully saturated rings. The molecule has 0 aliphatic rings. The molecule has 4 rings (SSSR count). The first-order valence-corrected chi connectivity index (χ1v) is 7.82. The molecule has 0 amide bonds. The molecule has 0 saturated carbocycles. The van der Waals surface area contributed by atoms with Gasteiger partial charge in [0.05, 0.1) is 22.4 Å². The van der Waals surface area contributed by atoms with Gasteiger partial charge in [0.15, 0.2) is 0 Å². The summed E-state index contributed by atoms with van der Waals surface area (Å²) in [4.78, 5) is 7.98. The Morgan fingerprint density at radius 2 is 1.44 bits per heavy atom. The van der Waals surface area contributed by atoms with Crippen molar-refractivity contribution in [3.63, 3.8) is 0 Å². The molecule has 0 unspecified atom stereocenters. The van der Waals surface area contributed by atoms with Crippen molar-refractivity contribution in [1.29, 1.82) is 0 Å². The summed E-state index contributed by atoms with van der Waals surface area (Å²) in [5, 5.41) is 8.16. The summed E-state index contributed by atoms with van der Waals surface area (Å²) < 4.78 is 10.7. The number of hydrogen-bond donors (Lipinski definition) is 1. The van der Waals surface area contributed by atoms with Gasteiger partial charge in [-0.05, 0) is 52.3 Å². The van der Waals surface area contributed by atoms with Gasteiger partial charge >= 0.3 is 0 Å². The zero-order chi connectivity index (χ0) is 17.0. The van der Waals surface area contributed by atoms with Gasteiger partial charge in [-0.15, -0.1) is 0 Å². The number of aromatic nitrogens is 4. The van der Waals surface area contributed by atoms with E-state index in [1.807, 2.05) is 34.6 Å². The first kappa shape index (κ1) is 17.0. The largest absolute Gasteiger partial charge is 0.361 e. The molecular weight excluding hydrogens is 316 g/mol. The van der Waals surface area contributed by atoms with Crippen molar-refractivity contribution in [2.45, 2.75) is 42.0 Å². The third kappa shape index (κ3) is 2.54. The molecule has 0 atom stereocenters. The summed E-state index contributed by atoms with van der Waals surface area (Å²) in [6, 6.07) is 4.20. The molecule has 0 aliphatic heterocycles. The van der Waals surface area contributed by atoms with E-state index in [4.69, 9.17) is 9.05 Å². The van der Waals surface area contributed by atoms with E-state index in [-0.39, 0.29) is 7.43 Å². The summed E-state index contributed by atoms with van der Waals surface area (Å²) in [7, 11) is 0. The van der Waals surface area contributed by atoms with Crippen LogP contribution in [-0.4, -0.2) is 20.3 Å². The lowest BCUT2D eigenvalue weighted by Crippen LogP contribution is -1.89. The normalized spacial score (nSPS) is 11.1. The maximum atomic E-state index is 5.36. The summed E-state index contributed by atoms with van der Waals surface area (Å²) in [5.74, 6) is 2.45. The van der Waals surface area contributed by atoms with Gasteiger partial charge in [-0.2, -0.15) is 0 Å². The molecule has 3 aromatic heterocycles. The van der Waals surface area contributed by atoms with Gasteiger partial charge in [-0.3, -0.25) is 0 Å². The average Bonchev–Trinajstić information content (AvgIpc) is 3.16. The average molecular weight is 338 g/mol. The molecular formula is C19H22N4O2. The second-order valence-corrected chi connectivity index (χ2v) is 6.14. The fourth-order valence-electron chi connectivity index (χ4n) is 3.34. The molecule has 4 aromatic rings. The number of rotatable bonds is 2. The van der Waals surface area contributed by atoms with E-state index in [0.717, 1.165) is 62.0 Å². The van der Waals surface area contributed by atoms with Crippen molar-refractivity contribution in [2.75, 3.05) is 0 Å². The first-order chi connectivity index (χ1) is 11.5. The van der Waals surface area contributed by atoms with Gasteiger partial charge in [-0.25, -0.2) is 4.98 Å². The van der Waals surface area contributed by atoms with Crippen molar-refractivity contribution in [2.24, 2.45) is 0 Å². The summed E-state index contributed by atoms with van der Waals surface area (Å²) in [5.41, 5.74) is 7.65. The molecule has 0 bridgehead atoms. The van der Waals surface area contributed by atoms with Crippen LogP contribution in [0, 0.1) is 34.6 Å². The molecule has 25 heavy (non-hydrogen) atoms. The number of H-pyrrole nitrogens is 1. The minimum absolute atomic E-state index is 0. The predicted molar refractivity (Wildman–Crippen MR) is 97.5 cm³/mol. The van der Waals surface area contributed by atoms with Crippen LogP contribution < -0.4 is 0 Å². The minimum Gasteiger partial charge on any atom is -0.361 e. The highest BCUT2D eigenvalue weighted by Crippen LogP contribution is 2.37. The monoisotopic (exact) mass is 338 g/mol. The third-order valence-electron chi connectivity index (χ3n) is 4.33. The lowest BCUT2D eigenvalue weighted by Gasteiger charge is -2.07. The van der Waals surface area contributed by atoms with Gasteiger partial charge in [0.25, 0.3) is 0 Å². The molecule has 0 radical (unpaired) electrons. The van der Waals surface area contributed by atoms with Crippen LogP contribution in [0.2, 0.25) is 0 Å². The smallest absolute Gasteiger partial charge is 0.141 e. The molecule has 0 saturated heterocycles. The SMILES string of the molecule is C.Cc1nc2c(-c3c(C)noc3C)cc(-c3c(C)noc3C)cc2[nH]1. The Bertz CT molecular complexity index is 1030. The fourth-order valence-corrected chi connectivity index (χ4v) is 3.34. The second kappa shape index (κ2) is 5.88. The summed E-state index contributed by atoms with van der Waals surface area (Å²) >= 11 is 0. The van der Waals surface area contributed by atoms with Crippen LogP contribution >= 0.6 is 0 Å². The lowest BCUT2D eigenvalue weighted by atomic mass is 9.96. The van der Waals surface area contributed by atoms with Crippen LogP contribution in [0.25, 0.3) is 33.3 Å². The Labute approximate surface area is 146 Å². The Morgan fingerprint density at radius 1 is 0.840 bits per heavy atom. The van der Waals surface area contributed by atoms with Gasteiger partial charge in [-0.1, -0.05) is 17.7 Å². The van der Waals surface area contributed by atoms with Crippen molar-refractivity contribution in [3.8, 4) is 22.3 Å². The van der Waals surface area contributed by atoms with Crippen LogP contribution in [0.1, 0.15) is 36.2 Å². The Balaban J connectivity index is 0.00000182. The highest BCUT2D eigenvalue weighted by molar-refractivity contribution is 5.97. The van der Waals surface area contributed by atoms with E-state index in [0.29, 0.717) is 0 Å². The molecule has 0 spiro atoms. The number of hydrogen-bond acceptors (Lipinski definition) is 5. The van der Waals surface area contributed by atoms with E-state index < -0.39 is 0 Å². The molecule has 3 heterocycles. The topological polar surface area (TPSA) is 80.7 Å². The van der Waals surface area contributed by atoms with Crippen LogP contribution in [0.15, 0.2) is 21.2 Å². The number of aryl methyl sites for hydroxylation is 5. The van der Waals surface area contributed by atoms with Crippen LogP contribution in [0.4, 0.5) is 0 Å². The highest BCUT2D eigenvalue weighted by atomic mass is 16.5. The van der Waals surface area contributed by atoms with Crippen molar-refractivity contribution >= 4 is 11.0 Å². The van der Waals surface area contributed by atoms with Crippen molar-refractivity contribution in [3.05, 3.63) is 40.9 Å². The maximum Gasteiger partial charge on any atom is 0.141 e. The Hall–Kier alpha value is -2.89. The second-order valence-electron chi connectivity index (χ2n) is 6.14. The van der Waals surface area contributed by atoms with E-state index >= 15 is 0 Å². The number of fused-ring (bicyclic) bond motifs is 1. The van der Waals surface area contributed by atoms with Crippen molar-refractivity contribution in [1.82, 2.24) is 20.3 Å². The van der Waals surface area contributed by atoms with E-state index in [1.165, 1.54) is 0 Å². The van der Waals surface area contributed by atoms with Crippen molar-refractivity contribution < 1.29 is 9.05 Å². The van der Waals surface area contributed by atoms with E-state index in [1.54, 1.807) is 0 Å². The number of aromatic amines is 1. The van der Waals surface area contributed by atoms with Gasteiger partial charge in [0.2, 0.25) is 0 Å². The molecule has 1 aromatic carbocycles. The van der Waals surface area contributed by atoms with Crippen LogP contribution in [0.5, 0.6) is 0 Å². The summed E-state index contributed by atoms with van der Waals surface area (Å²) in [6.45, 7) is 9.69. The Kier molecular flexibility index (Phi) is 3.99. The number of benzene rings is 1. The summed E-state index contributed by atoms with van der Waals surface area (Å²) in [6.07, 6.45) is 0. The number of nitrogens with one attached hydrogen (secondary N) is 1. The predicted octanol–water partition coefficient (Wildman–Crippen LogP) is 5.05. The van der Waals surface area contributed by atoms with Crippen LogP contribution in [-0.2, 0) is 0 Å². The van der Waals surface area contributed by atoms with E-state index in [9.17, 15) is 0 Å². The fraction of sp³-hybridized carbons (Fsp3) is 0.316. The number of nitrogens with zero attached hydrogens (tertiary/aromatic N) is 3. The van der Waals surface area contributed by atoms with E-state index in [2.05, 4.69) is 32.4 Å². The zero-order valence-electron chi connectivity index (χ0n) is 14.3. The Morgan fingerprint density at radius 3 is 2.00 bits per heavy atom. The van der Waals surface area contributed by atoms with Gasteiger partial charge in [0.1, 0.15) is 17.3 Å². The zero-order valence-corrected chi connectivity index (χ0v) is 14.3. The first-order valence-electron chi connectivity index (χ1n) is 7.82. The molecule has 1 N–H and O–H groups in total. The molecule has 130 valence electrons. The standard InChI is InChI=1S/C18H18N4O2.CH4/c1-8-16(10(3)23-21-8)13-6-14(17-9(2)22-24-11(17)4)18-15(7-13)19-12(5)20-18;/h6-7H,1-5H3,(H,19,20);1H4. The molecule has 6 heteroatoms. The number of imidazole rings is 1. The molecule has 0 aliphatic carbocycles. The van der Waals surface area contributed by atoms with Crippen LogP contribution in [0.3, 0.4) is 0 Å². The van der Waals surface area contributed by atoms with Gasteiger partial charge in [0, 0.05) is 16.7 Å². The van der Waals surface area contributed by atoms with Gasteiger partial charge < -0.3 is 14.0 Å². The maximum absolute atomic E-state index is 5.36. The quantitative estimate of drug-likeness (QED) is 0.553.